The van der Waals surface area contributed by atoms with Crippen LogP contribution in [0, 0.1) is 5.92 Å². The molecule has 5 heteroatoms. The van der Waals surface area contributed by atoms with Gasteiger partial charge in [0, 0.05) is 19.1 Å². The van der Waals surface area contributed by atoms with Crippen LogP contribution in [0.1, 0.15) is 26.7 Å². The molecule has 1 aromatic rings. The van der Waals surface area contributed by atoms with Crippen LogP contribution in [0.3, 0.4) is 0 Å². The van der Waals surface area contributed by atoms with Gasteiger partial charge >= 0.3 is 0 Å². The lowest BCUT2D eigenvalue weighted by atomic mass is 9.97. The fraction of sp³-hybridized carbons (Fsp3) is 0.818. The molecule has 0 saturated carbocycles. The van der Waals surface area contributed by atoms with Crippen molar-refractivity contribution < 1.29 is 0 Å². The predicted molar refractivity (Wildman–Crippen MR) is 68.0 cm³/mol. The van der Waals surface area contributed by atoms with Crippen molar-refractivity contribution in [1.29, 1.82) is 0 Å². The number of hydrogen-bond donors (Lipinski definition) is 1. The van der Waals surface area contributed by atoms with E-state index in [1.807, 2.05) is 5.51 Å². The fourth-order valence-corrected chi connectivity index (χ4v) is 2.65. The molecule has 1 saturated heterocycles. The van der Waals surface area contributed by atoms with Gasteiger partial charge in [0.15, 0.2) is 0 Å². The molecule has 2 heterocycles. The largest absolute Gasteiger partial charge is 0.347 e. The molecule has 1 aliphatic heterocycles. The molecule has 16 heavy (non-hydrogen) atoms. The third-order valence-corrected chi connectivity index (χ3v) is 3.80. The van der Waals surface area contributed by atoms with Gasteiger partial charge in [-0.25, -0.2) is 0 Å². The van der Waals surface area contributed by atoms with E-state index in [2.05, 4.69) is 34.3 Å². The van der Waals surface area contributed by atoms with Gasteiger partial charge in [-0.3, -0.25) is 0 Å². The van der Waals surface area contributed by atoms with Gasteiger partial charge < -0.3 is 10.2 Å². The standard InChI is InChI=1S/C11H20N4S/c1-9(2)12-7-10-3-5-15(6-4-10)11-14-13-8-16-11/h8-10,12H,3-7H2,1-2H3. The molecule has 2 rings (SSSR count). The SMILES string of the molecule is CC(C)NCC1CCN(c2nncs2)CC1. The van der Waals surface area contributed by atoms with Gasteiger partial charge in [-0.1, -0.05) is 25.2 Å². The highest BCUT2D eigenvalue weighted by Gasteiger charge is 2.20. The maximum atomic E-state index is 4.12. The van der Waals surface area contributed by atoms with Crippen LogP contribution in [0.25, 0.3) is 0 Å². The highest BCUT2D eigenvalue weighted by Crippen LogP contribution is 2.23. The summed E-state index contributed by atoms with van der Waals surface area (Å²) in [5, 5.41) is 12.6. The lowest BCUT2D eigenvalue weighted by Crippen LogP contribution is -2.38. The zero-order valence-corrected chi connectivity index (χ0v) is 10.8. The fourth-order valence-electron chi connectivity index (χ4n) is 2.04. The molecule has 0 amide bonds. The van der Waals surface area contributed by atoms with Crippen LogP contribution >= 0.6 is 11.3 Å². The number of nitrogens with zero attached hydrogens (tertiary/aromatic N) is 3. The Morgan fingerprint density at radius 2 is 2.25 bits per heavy atom. The van der Waals surface area contributed by atoms with Gasteiger partial charge in [-0.2, -0.15) is 0 Å². The van der Waals surface area contributed by atoms with Crippen molar-refractivity contribution in [1.82, 2.24) is 15.5 Å². The molecular weight excluding hydrogens is 220 g/mol. The molecule has 0 spiro atoms. The van der Waals surface area contributed by atoms with Gasteiger partial charge in [-0.15, -0.1) is 10.2 Å². The van der Waals surface area contributed by atoms with E-state index in [0.29, 0.717) is 6.04 Å². The first-order chi connectivity index (χ1) is 7.75. The monoisotopic (exact) mass is 240 g/mol. The maximum Gasteiger partial charge on any atom is 0.208 e. The van der Waals surface area contributed by atoms with Gasteiger partial charge in [0.25, 0.3) is 0 Å². The number of aromatic nitrogens is 2. The number of anilines is 1. The Balaban J connectivity index is 1.74. The Morgan fingerprint density at radius 1 is 1.50 bits per heavy atom. The van der Waals surface area contributed by atoms with E-state index in [1.165, 1.54) is 12.8 Å². The quantitative estimate of drug-likeness (QED) is 0.870. The second kappa shape index (κ2) is 5.59. The third kappa shape index (κ3) is 3.15. The Hall–Kier alpha value is -0.680. The van der Waals surface area contributed by atoms with Gasteiger partial charge in [0.1, 0.15) is 5.51 Å². The van der Waals surface area contributed by atoms with Gasteiger partial charge in [0.2, 0.25) is 5.13 Å². The van der Waals surface area contributed by atoms with Crippen molar-refractivity contribution >= 4 is 16.5 Å². The molecule has 1 aromatic heterocycles. The summed E-state index contributed by atoms with van der Waals surface area (Å²) < 4.78 is 0. The summed E-state index contributed by atoms with van der Waals surface area (Å²) in [6.07, 6.45) is 2.53. The van der Waals surface area contributed by atoms with Crippen molar-refractivity contribution in [2.45, 2.75) is 32.7 Å². The lowest BCUT2D eigenvalue weighted by molar-refractivity contribution is 0.370. The van der Waals surface area contributed by atoms with Gasteiger partial charge in [0.05, 0.1) is 0 Å². The highest BCUT2D eigenvalue weighted by atomic mass is 32.1. The smallest absolute Gasteiger partial charge is 0.208 e. The summed E-state index contributed by atoms with van der Waals surface area (Å²) in [6.45, 7) is 7.81. The Labute approximate surface area is 101 Å². The third-order valence-electron chi connectivity index (χ3n) is 3.05. The first kappa shape index (κ1) is 11.8. The molecule has 90 valence electrons. The van der Waals surface area contributed by atoms with Crippen LogP contribution in [0.5, 0.6) is 0 Å². The van der Waals surface area contributed by atoms with E-state index >= 15 is 0 Å². The molecule has 1 fully saturated rings. The summed E-state index contributed by atoms with van der Waals surface area (Å²) in [5.74, 6) is 0.826. The summed E-state index contributed by atoms with van der Waals surface area (Å²) in [7, 11) is 0. The van der Waals surface area contributed by atoms with Crippen molar-refractivity contribution in [2.75, 3.05) is 24.5 Å². The molecule has 0 aliphatic carbocycles. The first-order valence-electron chi connectivity index (χ1n) is 6.00. The van der Waals surface area contributed by atoms with E-state index in [9.17, 15) is 0 Å². The van der Waals surface area contributed by atoms with E-state index < -0.39 is 0 Å². The van der Waals surface area contributed by atoms with Crippen LogP contribution in [-0.2, 0) is 0 Å². The second-order valence-electron chi connectivity index (χ2n) is 4.71. The van der Waals surface area contributed by atoms with Crippen molar-refractivity contribution in [3.8, 4) is 0 Å². The zero-order chi connectivity index (χ0) is 11.4. The second-order valence-corrected chi connectivity index (χ2v) is 5.53. The van der Waals surface area contributed by atoms with Crippen molar-refractivity contribution in [3.63, 3.8) is 0 Å². The minimum absolute atomic E-state index is 0.598. The predicted octanol–water partition coefficient (Wildman–Crippen LogP) is 1.75. The van der Waals surface area contributed by atoms with Crippen molar-refractivity contribution in [2.24, 2.45) is 5.92 Å². The molecule has 0 atom stereocenters. The molecular formula is C11H20N4S. The summed E-state index contributed by atoms with van der Waals surface area (Å²) >= 11 is 1.64. The molecule has 0 bridgehead atoms. The Bertz CT molecular complexity index is 291. The molecule has 1 N–H and O–H groups in total. The molecule has 4 nitrogen and oxygen atoms in total. The van der Waals surface area contributed by atoms with Gasteiger partial charge in [-0.05, 0) is 25.3 Å². The Kier molecular flexibility index (Phi) is 4.12. The van der Waals surface area contributed by atoms with Crippen LogP contribution in [0.15, 0.2) is 5.51 Å². The minimum Gasteiger partial charge on any atom is -0.347 e. The number of piperidine rings is 1. The highest BCUT2D eigenvalue weighted by molar-refractivity contribution is 7.13. The number of nitrogens with one attached hydrogen (secondary N) is 1. The first-order valence-corrected chi connectivity index (χ1v) is 6.88. The van der Waals surface area contributed by atoms with Crippen molar-refractivity contribution in [3.05, 3.63) is 5.51 Å². The average molecular weight is 240 g/mol. The van der Waals surface area contributed by atoms with Crippen LogP contribution in [-0.4, -0.2) is 35.9 Å². The molecule has 0 unspecified atom stereocenters. The van der Waals surface area contributed by atoms with Crippen LogP contribution < -0.4 is 10.2 Å². The van der Waals surface area contributed by atoms with E-state index in [-0.39, 0.29) is 0 Å². The maximum absolute atomic E-state index is 4.12. The summed E-state index contributed by atoms with van der Waals surface area (Å²) in [6, 6.07) is 0.598. The average Bonchev–Trinajstić information content (AvgIpc) is 2.80. The summed E-state index contributed by atoms with van der Waals surface area (Å²) in [5.41, 5.74) is 1.81. The zero-order valence-electron chi connectivity index (χ0n) is 10.0. The Morgan fingerprint density at radius 3 is 2.81 bits per heavy atom. The van der Waals surface area contributed by atoms with Crippen LogP contribution in [0.4, 0.5) is 5.13 Å². The molecule has 1 aliphatic rings. The number of rotatable bonds is 4. The number of hydrogen-bond acceptors (Lipinski definition) is 5. The molecule has 0 radical (unpaired) electrons. The normalized spacial score (nSPS) is 18.3. The van der Waals surface area contributed by atoms with E-state index in [1.54, 1.807) is 11.3 Å². The molecule has 0 aromatic carbocycles. The van der Waals surface area contributed by atoms with E-state index in [4.69, 9.17) is 0 Å². The summed E-state index contributed by atoms with van der Waals surface area (Å²) in [4.78, 5) is 2.35. The topological polar surface area (TPSA) is 41.0 Å². The minimum atomic E-state index is 0.598. The van der Waals surface area contributed by atoms with Crippen LogP contribution in [0.2, 0.25) is 0 Å². The lowest BCUT2D eigenvalue weighted by Gasteiger charge is -2.31. The van der Waals surface area contributed by atoms with E-state index in [0.717, 1.165) is 30.7 Å².